The highest BCUT2D eigenvalue weighted by atomic mass is 35.5. The molecule has 0 radical (unpaired) electrons. The van der Waals surface area contributed by atoms with Crippen molar-refractivity contribution in [3.63, 3.8) is 0 Å². The molecule has 5 nitrogen and oxygen atoms in total. The highest BCUT2D eigenvalue weighted by Crippen LogP contribution is 2.18. The summed E-state index contributed by atoms with van der Waals surface area (Å²) in [6.07, 6.45) is 1.72. The Hall–Kier alpha value is -1.59. The van der Waals surface area contributed by atoms with E-state index in [1.807, 2.05) is 4.90 Å². The van der Waals surface area contributed by atoms with Crippen LogP contribution < -0.4 is 5.32 Å². The molecule has 2 rings (SSSR count). The van der Waals surface area contributed by atoms with Gasteiger partial charge in [-0.2, -0.15) is 0 Å². The summed E-state index contributed by atoms with van der Waals surface area (Å²) < 4.78 is 4.77. The number of likely N-dealkylation sites (tertiary alicyclic amines) is 1. The van der Waals surface area contributed by atoms with Gasteiger partial charge in [0.05, 0.1) is 19.6 Å². The first-order valence-electron chi connectivity index (χ1n) is 6.94. The molecule has 1 aromatic rings. The predicted octanol–water partition coefficient (Wildman–Crippen LogP) is 2.16. The maximum Gasteiger partial charge on any atom is 0.309 e. The fraction of sp³-hybridized carbons (Fsp3) is 0.467. The van der Waals surface area contributed by atoms with Crippen molar-refractivity contribution in [1.82, 2.24) is 4.90 Å². The van der Waals surface area contributed by atoms with E-state index in [0.29, 0.717) is 17.3 Å². The standard InChI is InChI=1S/C15H19ClN2O3/c1-21-15(20)11-3-2-8-18(9-11)10-14(19)17-13-6-4-12(16)5-7-13/h4-7,11H,2-3,8-10H2,1H3,(H,17,19)/t11-/m0/s1. The summed E-state index contributed by atoms with van der Waals surface area (Å²) in [5.74, 6) is -0.423. The number of anilines is 1. The topological polar surface area (TPSA) is 58.6 Å². The number of halogens is 1. The molecule has 1 aliphatic heterocycles. The first-order chi connectivity index (χ1) is 10.1. The lowest BCUT2D eigenvalue weighted by Gasteiger charge is -2.30. The fourth-order valence-electron chi connectivity index (χ4n) is 2.50. The highest BCUT2D eigenvalue weighted by Gasteiger charge is 2.27. The molecule has 0 aromatic heterocycles. The van der Waals surface area contributed by atoms with Crippen LogP contribution in [0.1, 0.15) is 12.8 Å². The van der Waals surface area contributed by atoms with Gasteiger partial charge in [0.15, 0.2) is 0 Å². The Morgan fingerprint density at radius 1 is 1.38 bits per heavy atom. The number of esters is 1. The zero-order valence-corrected chi connectivity index (χ0v) is 12.7. The summed E-state index contributed by atoms with van der Waals surface area (Å²) >= 11 is 5.80. The number of ether oxygens (including phenoxy) is 1. The Kier molecular flexibility index (Phi) is 5.59. The van der Waals surface area contributed by atoms with Crippen molar-refractivity contribution < 1.29 is 14.3 Å². The normalized spacial score (nSPS) is 19.0. The molecule has 0 bridgehead atoms. The van der Waals surface area contributed by atoms with Gasteiger partial charge in [-0.15, -0.1) is 0 Å². The lowest BCUT2D eigenvalue weighted by atomic mass is 9.98. The van der Waals surface area contributed by atoms with E-state index in [4.69, 9.17) is 16.3 Å². The Morgan fingerprint density at radius 3 is 2.76 bits per heavy atom. The van der Waals surface area contributed by atoms with E-state index in [1.54, 1.807) is 24.3 Å². The predicted molar refractivity (Wildman–Crippen MR) is 81.3 cm³/mol. The molecule has 1 amide bonds. The van der Waals surface area contributed by atoms with Crippen molar-refractivity contribution in [2.24, 2.45) is 5.92 Å². The van der Waals surface area contributed by atoms with E-state index in [2.05, 4.69) is 5.32 Å². The second kappa shape index (κ2) is 7.43. The summed E-state index contributed by atoms with van der Waals surface area (Å²) in [6, 6.07) is 6.97. The molecule has 6 heteroatoms. The van der Waals surface area contributed by atoms with Crippen LogP contribution in [-0.2, 0) is 14.3 Å². The molecule has 1 heterocycles. The van der Waals surface area contributed by atoms with Gasteiger partial charge in [-0.05, 0) is 43.7 Å². The minimum absolute atomic E-state index is 0.0946. The number of hydrogen-bond donors (Lipinski definition) is 1. The van der Waals surface area contributed by atoms with Crippen LogP contribution in [-0.4, -0.2) is 43.5 Å². The Bertz CT molecular complexity index is 504. The third kappa shape index (κ3) is 4.72. The fourth-order valence-corrected chi connectivity index (χ4v) is 2.62. The number of amides is 1. The largest absolute Gasteiger partial charge is 0.469 e. The van der Waals surface area contributed by atoms with Crippen LogP contribution in [0.15, 0.2) is 24.3 Å². The van der Waals surface area contributed by atoms with E-state index in [9.17, 15) is 9.59 Å². The molecule has 1 aliphatic rings. The van der Waals surface area contributed by atoms with Gasteiger partial charge in [0.25, 0.3) is 0 Å². The maximum atomic E-state index is 12.0. The highest BCUT2D eigenvalue weighted by molar-refractivity contribution is 6.30. The SMILES string of the molecule is COC(=O)[C@H]1CCCN(CC(=O)Nc2ccc(Cl)cc2)C1. The van der Waals surface area contributed by atoms with E-state index >= 15 is 0 Å². The van der Waals surface area contributed by atoms with Gasteiger partial charge < -0.3 is 10.1 Å². The van der Waals surface area contributed by atoms with E-state index in [-0.39, 0.29) is 24.3 Å². The Balaban J connectivity index is 1.84. The summed E-state index contributed by atoms with van der Waals surface area (Å²) in [6.45, 7) is 1.67. The van der Waals surface area contributed by atoms with Crippen LogP contribution in [0.25, 0.3) is 0 Å². The molecule has 0 unspecified atom stereocenters. The number of carbonyl (C=O) groups excluding carboxylic acids is 2. The van der Waals surface area contributed by atoms with Crippen molar-refractivity contribution >= 4 is 29.2 Å². The van der Waals surface area contributed by atoms with Gasteiger partial charge in [0.2, 0.25) is 5.91 Å². The average molecular weight is 311 g/mol. The van der Waals surface area contributed by atoms with Crippen LogP contribution >= 0.6 is 11.6 Å². The number of nitrogens with one attached hydrogen (secondary N) is 1. The number of hydrogen-bond acceptors (Lipinski definition) is 4. The van der Waals surface area contributed by atoms with Gasteiger partial charge in [0.1, 0.15) is 0 Å². The molecule has 1 saturated heterocycles. The first kappa shape index (κ1) is 15.8. The molecule has 1 N–H and O–H groups in total. The molecule has 0 aliphatic carbocycles. The van der Waals surface area contributed by atoms with Crippen molar-refractivity contribution in [2.75, 3.05) is 32.1 Å². The van der Waals surface area contributed by atoms with Crippen LogP contribution in [0.5, 0.6) is 0 Å². The lowest BCUT2D eigenvalue weighted by molar-refractivity contribution is -0.147. The first-order valence-corrected chi connectivity index (χ1v) is 7.32. The minimum Gasteiger partial charge on any atom is -0.469 e. The average Bonchev–Trinajstić information content (AvgIpc) is 2.49. The number of carbonyl (C=O) groups is 2. The number of piperidine rings is 1. The van der Waals surface area contributed by atoms with Crippen LogP contribution in [0.2, 0.25) is 5.02 Å². The minimum atomic E-state index is -0.196. The van der Waals surface area contributed by atoms with E-state index in [1.165, 1.54) is 7.11 Å². The lowest BCUT2D eigenvalue weighted by Crippen LogP contribution is -2.42. The Labute approximate surface area is 129 Å². The number of nitrogens with zero attached hydrogens (tertiary/aromatic N) is 1. The second-order valence-corrected chi connectivity index (χ2v) is 5.59. The molecule has 114 valence electrons. The van der Waals surface area contributed by atoms with Gasteiger partial charge in [-0.3, -0.25) is 14.5 Å². The van der Waals surface area contributed by atoms with Gasteiger partial charge in [-0.25, -0.2) is 0 Å². The molecule has 1 fully saturated rings. The molecule has 1 aromatic carbocycles. The molecular formula is C15H19ClN2O3. The van der Waals surface area contributed by atoms with Gasteiger partial charge in [-0.1, -0.05) is 11.6 Å². The summed E-state index contributed by atoms with van der Waals surface area (Å²) in [7, 11) is 1.40. The van der Waals surface area contributed by atoms with Crippen molar-refractivity contribution in [1.29, 1.82) is 0 Å². The van der Waals surface area contributed by atoms with Gasteiger partial charge in [0, 0.05) is 17.3 Å². The smallest absolute Gasteiger partial charge is 0.309 e. The van der Waals surface area contributed by atoms with Crippen molar-refractivity contribution in [3.05, 3.63) is 29.3 Å². The molecular weight excluding hydrogens is 292 g/mol. The maximum absolute atomic E-state index is 12.0. The van der Waals surface area contributed by atoms with Gasteiger partial charge >= 0.3 is 5.97 Å². The van der Waals surface area contributed by atoms with E-state index in [0.717, 1.165) is 19.4 Å². The third-order valence-electron chi connectivity index (χ3n) is 3.54. The Morgan fingerprint density at radius 2 is 2.10 bits per heavy atom. The van der Waals surface area contributed by atoms with Crippen molar-refractivity contribution in [2.45, 2.75) is 12.8 Å². The zero-order valence-electron chi connectivity index (χ0n) is 12.0. The summed E-state index contributed by atoms with van der Waals surface area (Å²) in [5, 5.41) is 3.45. The summed E-state index contributed by atoms with van der Waals surface area (Å²) in [5.41, 5.74) is 0.714. The molecule has 1 atom stereocenters. The quantitative estimate of drug-likeness (QED) is 0.866. The zero-order chi connectivity index (χ0) is 15.2. The number of rotatable bonds is 4. The van der Waals surface area contributed by atoms with Crippen molar-refractivity contribution in [3.8, 4) is 0 Å². The van der Waals surface area contributed by atoms with E-state index < -0.39 is 0 Å². The monoisotopic (exact) mass is 310 g/mol. The van der Waals surface area contributed by atoms with Crippen LogP contribution in [0.4, 0.5) is 5.69 Å². The third-order valence-corrected chi connectivity index (χ3v) is 3.79. The molecule has 0 saturated carbocycles. The number of methoxy groups -OCH3 is 1. The number of benzene rings is 1. The van der Waals surface area contributed by atoms with Crippen LogP contribution in [0, 0.1) is 5.92 Å². The second-order valence-electron chi connectivity index (χ2n) is 5.15. The molecule has 0 spiro atoms. The molecule has 21 heavy (non-hydrogen) atoms. The van der Waals surface area contributed by atoms with Crippen LogP contribution in [0.3, 0.4) is 0 Å². The summed E-state index contributed by atoms with van der Waals surface area (Å²) in [4.78, 5) is 25.6.